The molecule has 2 aromatic heterocycles. The van der Waals surface area contributed by atoms with E-state index in [0.29, 0.717) is 52.4 Å². The Morgan fingerprint density at radius 3 is 2.76 bits per heavy atom. The topological polar surface area (TPSA) is 97.7 Å². The highest BCUT2D eigenvalue weighted by atomic mass is 35.5. The average Bonchev–Trinajstić information content (AvgIpc) is 3.39. The highest BCUT2D eigenvalue weighted by Crippen LogP contribution is 2.36. The summed E-state index contributed by atoms with van der Waals surface area (Å²) >= 11 is 6.46. The maximum absolute atomic E-state index is 13.7. The van der Waals surface area contributed by atoms with Crippen molar-refractivity contribution in [3.05, 3.63) is 98.4 Å². The smallest absolute Gasteiger partial charge is 0.340 e. The highest BCUT2D eigenvalue weighted by molar-refractivity contribution is 6.32. The Labute approximate surface area is 224 Å². The van der Waals surface area contributed by atoms with Crippen LogP contribution in [0.15, 0.2) is 64.1 Å². The van der Waals surface area contributed by atoms with Crippen molar-refractivity contribution in [2.45, 2.75) is 32.7 Å². The second-order valence-electron chi connectivity index (χ2n) is 9.47. The molecule has 0 saturated carbocycles. The first-order chi connectivity index (χ1) is 18.3. The lowest BCUT2D eigenvalue weighted by Crippen LogP contribution is -2.42. The molecular formula is C29H28ClN3O5. The zero-order chi connectivity index (χ0) is 27.0. The Morgan fingerprint density at radius 1 is 1.29 bits per heavy atom. The van der Waals surface area contributed by atoms with Gasteiger partial charge in [0.25, 0.3) is 0 Å². The van der Waals surface area contributed by atoms with Gasteiger partial charge in [0.15, 0.2) is 0 Å². The molecule has 3 heterocycles. The van der Waals surface area contributed by atoms with Gasteiger partial charge in [-0.15, -0.1) is 0 Å². The fourth-order valence-corrected chi connectivity index (χ4v) is 5.05. The number of H-pyrrole nitrogens is 1. The maximum atomic E-state index is 13.7. The van der Waals surface area contributed by atoms with Crippen molar-refractivity contribution >= 4 is 28.5 Å². The van der Waals surface area contributed by atoms with Crippen LogP contribution in [0.2, 0.25) is 5.02 Å². The van der Waals surface area contributed by atoms with Crippen molar-refractivity contribution in [1.82, 2.24) is 14.9 Å². The monoisotopic (exact) mass is 533 g/mol. The molecule has 0 spiro atoms. The number of amides is 1. The number of carbonyl (C=O) groups is 1. The van der Waals surface area contributed by atoms with E-state index < -0.39 is 11.7 Å². The molecule has 0 bridgehead atoms. The van der Waals surface area contributed by atoms with Crippen LogP contribution in [-0.4, -0.2) is 41.0 Å². The second kappa shape index (κ2) is 10.4. The molecule has 1 aliphatic rings. The van der Waals surface area contributed by atoms with E-state index >= 15 is 0 Å². The van der Waals surface area contributed by atoms with E-state index in [1.165, 1.54) is 0 Å². The van der Waals surface area contributed by atoms with E-state index in [-0.39, 0.29) is 12.3 Å². The number of carbonyl (C=O) groups excluding carboxylic acids is 1. The van der Waals surface area contributed by atoms with Crippen LogP contribution in [0.5, 0.6) is 11.5 Å². The fourth-order valence-electron chi connectivity index (χ4n) is 4.83. The average molecular weight is 534 g/mol. The molecule has 5 rings (SSSR count). The van der Waals surface area contributed by atoms with Crippen LogP contribution in [-0.2, 0) is 17.6 Å². The summed E-state index contributed by atoms with van der Waals surface area (Å²) in [6.45, 7) is 8.25. The first kappa shape index (κ1) is 25.6. The summed E-state index contributed by atoms with van der Waals surface area (Å²) in [7, 11) is 1.61. The lowest BCUT2D eigenvalue weighted by molar-refractivity contribution is -0.132. The summed E-state index contributed by atoms with van der Waals surface area (Å²) in [5.41, 5.74) is 4.27. The molecule has 0 saturated heterocycles. The van der Waals surface area contributed by atoms with Crippen LogP contribution < -0.4 is 15.1 Å². The van der Waals surface area contributed by atoms with Crippen molar-refractivity contribution in [3.8, 4) is 11.5 Å². The molecule has 196 valence electrons. The van der Waals surface area contributed by atoms with E-state index in [0.717, 1.165) is 28.3 Å². The number of aromatic amines is 1. The number of aromatic nitrogens is 2. The van der Waals surface area contributed by atoms with Gasteiger partial charge in [-0.25, -0.2) is 9.78 Å². The lowest BCUT2D eigenvalue weighted by Gasteiger charge is -2.35. The predicted octanol–water partition coefficient (Wildman–Crippen LogP) is 5.16. The number of nitrogens with one attached hydrogen (secondary N) is 1. The Balaban J connectivity index is 1.48. The standard InChI is InChI=1S/C29H28ClN3O5/c1-16(2)14-37-25-13-24-20(11-22(25)30)17(3)21(29(35)38-24)12-26(34)33-10-9-23-27(32-15-31-23)28(33)18-5-7-19(36-4)8-6-18/h5-8,11,13,15,28H,1,9-10,12,14H2,2-4H3,(H,31,32). The number of benzene rings is 2. The third-order valence-electron chi connectivity index (χ3n) is 6.82. The minimum absolute atomic E-state index is 0.109. The first-order valence-corrected chi connectivity index (χ1v) is 12.6. The van der Waals surface area contributed by atoms with Crippen molar-refractivity contribution < 1.29 is 18.7 Å². The van der Waals surface area contributed by atoms with Gasteiger partial charge in [-0.3, -0.25) is 4.79 Å². The third-order valence-corrected chi connectivity index (χ3v) is 7.11. The number of halogens is 1. The maximum Gasteiger partial charge on any atom is 0.340 e. The highest BCUT2D eigenvalue weighted by Gasteiger charge is 2.34. The molecule has 2 aromatic carbocycles. The predicted molar refractivity (Wildman–Crippen MR) is 145 cm³/mol. The molecule has 4 aromatic rings. The van der Waals surface area contributed by atoms with Gasteiger partial charge in [-0.2, -0.15) is 0 Å². The molecule has 1 aliphatic heterocycles. The lowest BCUT2D eigenvalue weighted by atomic mass is 9.94. The SMILES string of the molecule is C=C(C)COc1cc2oc(=O)c(CC(=O)N3CCc4[nH]cnc4C3c3ccc(OC)cc3)c(C)c2cc1Cl. The molecule has 1 amide bonds. The van der Waals surface area contributed by atoms with E-state index in [2.05, 4.69) is 16.5 Å². The van der Waals surface area contributed by atoms with Crippen LogP contribution in [0, 0.1) is 6.92 Å². The Morgan fingerprint density at radius 2 is 2.05 bits per heavy atom. The Kier molecular flexibility index (Phi) is 6.99. The summed E-state index contributed by atoms with van der Waals surface area (Å²) in [6, 6.07) is 10.5. The number of rotatable bonds is 7. The van der Waals surface area contributed by atoms with Crippen LogP contribution in [0.25, 0.3) is 11.0 Å². The van der Waals surface area contributed by atoms with Crippen molar-refractivity contribution in [2.24, 2.45) is 0 Å². The number of fused-ring (bicyclic) bond motifs is 2. The van der Waals surface area contributed by atoms with Gasteiger partial charge in [0, 0.05) is 30.1 Å². The van der Waals surface area contributed by atoms with Crippen molar-refractivity contribution in [2.75, 3.05) is 20.3 Å². The molecule has 8 nitrogen and oxygen atoms in total. The zero-order valence-corrected chi connectivity index (χ0v) is 22.2. The number of nitrogens with zero attached hydrogens (tertiary/aromatic N) is 2. The molecule has 0 radical (unpaired) electrons. The van der Waals surface area contributed by atoms with E-state index in [1.807, 2.05) is 31.2 Å². The van der Waals surface area contributed by atoms with E-state index in [1.54, 1.807) is 37.4 Å². The minimum atomic E-state index is -0.560. The van der Waals surface area contributed by atoms with Gasteiger partial charge >= 0.3 is 5.63 Å². The quantitative estimate of drug-likeness (QED) is 0.260. The van der Waals surface area contributed by atoms with Crippen molar-refractivity contribution in [1.29, 1.82) is 0 Å². The Bertz CT molecular complexity index is 1590. The third kappa shape index (κ3) is 4.79. The first-order valence-electron chi connectivity index (χ1n) is 12.3. The summed E-state index contributed by atoms with van der Waals surface area (Å²) in [5.74, 6) is 0.932. The molecule has 0 fully saturated rings. The molecule has 1 unspecified atom stereocenters. The van der Waals surface area contributed by atoms with Crippen LogP contribution in [0.3, 0.4) is 0 Å². The van der Waals surface area contributed by atoms with Crippen LogP contribution >= 0.6 is 11.6 Å². The number of hydrogen-bond donors (Lipinski definition) is 1. The molecule has 1 atom stereocenters. The van der Waals surface area contributed by atoms with Gasteiger partial charge in [0.05, 0.1) is 36.1 Å². The van der Waals surface area contributed by atoms with Gasteiger partial charge < -0.3 is 23.8 Å². The summed E-state index contributed by atoms with van der Waals surface area (Å²) in [5, 5.41) is 1.04. The van der Waals surface area contributed by atoms with Gasteiger partial charge in [-0.05, 0) is 48.7 Å². The molecular weight excluding hydrogens is 506 g/mol. The molecule has 9 heteroatoms. The van der Waals surface area contributed by atoms with Gasteiger partial charge in [-0.1, -0.05) is 30.3 Å². The zero-order valence-electron chi connectivity index (χ0n) is 21.5. The molecule has 0 aliphatic carbocycles. The number of imidazole rings is 1. The minimum Gasteiger partial charge on any atom is -0.497 e. The Hall–Kier alpha value is -4.04. The summed E-state index contributed by atoms with van der Waals surface area (Å²) in [6.07, 6.45) is 2.18. The fraction of sp³-hybridized carbons (Fsp3) is 0.276. The number of hydrogen-bond acceptors (Lipinski definition) is 6. The van der Waals surface area contributed by atoms with Gasteiger partial charge in [0.2, 0.25) is 5.91 Å². The molecule has 38 heavy (non-hydrogen) atoms. The van der Waals surface area contributed by atoms with Crippen LogP contribution in [0.1, 0.15) is 41.0 Å². The normalized spacial score (nSPS) is 14.8. The largest absolute Gasteiger partial charge is 0.497 e. The summed E-state index contributed by atoms with van der Waals surface area (Å²) in [4.78, 5) is 36.3. The number of methoxy groups -OCH3 is 1. The van der Waals surface area contributed by atoms with Crippen LogP contribution in [0.4, 0.5) is 0 Å². The second-order valence-corrected chi connectivity index (χ2v) is 9.88. The number of ether oxygens (including phenoxy) is 2. The van der Waals surface area contributed by atoms with Gasteiger partial charge in [0.1, 0.15) is 29.7 Å². The molecule has 1 N–H and O–H groups in total. The number of aryl methyl sites for hydroxylation is 1. The van der Waals surface area contributed by atoms with E-state index in [9.17, 15) is 9.59 Å². The van der Waals surface area contributed by atoms with E-state index in [4.69, 9.17) is 25.5 Å². The summed E-state index contributed by atoms with van der Waals surface area (Å²) < 4.78 is 16.6. The van der Waals surface area contributed by atoms with Crippen molar-refractivity contribution in [3.63, 3.8) is 0 Å².